The standard InChI is InChI=1S/C14H23N3O.ClH/c1-10-5-6-11(16(10)4)13(18)17-8-7-12(15)14(2,3)9-17;/h5-6,12H,7-9,15H2,1-4H3;1H. The minimum atomic E-state index is -0.00583. The lowest BCUT2D eigenvalue weighted by Gasteiger charge is -2.42. The number of hydrogen-bond acceptors (Lipinski definition) is 2. The van der Waals surface area contributed by atoms with Crippen LogP contribution in [-0.2, 0) is 7.05 Å². The van der Waals surface area contributed by atoms with Crippen LogP contribution >= 0.6 is 12.4 Å². The maximum absolute atomic E-state index is 12.5. The predicted molar refractivity (Wildman–Crippen MR) is 79.7 cm³/mol. The number of nitrogens with zero attached hydrogens (tertiary/aromatic N) is 2. The van der Waals surface area contributed by atoms with Gasteiger partial charge in [-0.3, -0.25) is 4.79 Å². The molecular weight excluding hydrogens is 262 g/mol. The molecule has 1 amide bonds. The van der Waals surface area contributed by atoms with Gasteiger partial charge in [0.2, 0.25) is 0 Å². The highest BCUT2D eigenvalue weighted by Gasteiger charge is 2.36. The third-order valence-corrected chi connectivity index (χ3v) is 4.19. The SMILES string of the molecule is Cc1ccc(C(=O)N2CCC(N)C(C)(C)C2)n1C.Cl. The fraction of sp³-hybridized carbons (Fsp3) is 0.643. The summed E-state index contributed by atoms with van der Waals surface area (Å²) in [6, 6.07) is 4.06. The van der Waals surface area contributed by atoms with E-state index in [0.29, 0.717) is 0 Å². The Hall–Kier alpha value is -1.00. The largest absolute Gasteiger partial charge is 0.344 e. The first kappa shape index (κ1) is 16.1. The molecule has 1 aromatic rings. The molecule has 1 aromatic heterocycles. The van der Waals surface area contributed by atoms with E-state index in [1.165, 1.54) is 0 Å². The fourth-order valence-corrected chi connectivity index (χ4v) is 2.54. The summed E-state index contributed by atoms with van der Waals surface area (Å²) in [5.74, 6) is 0.116. The predicted octanol–water partition coefficient (Wildman–Crippen LogP) is 1.95. The Morgan fingerprint density at radius 2 is 2.05 bits per heavy atom. The summed E-state index contributed by atoms with van der Waals surface area (Å²) >= 11 is 0. The van der Waals surface area contributed by atoms with Crippen LogP contribution in [0, 0.1) is 12.3 Å². The Balaban J connectivity index is 0.00000180. The van der Waals surface area contributed by atoms with Crippen molar-refractivity contribution in [2.24, 2.45) is 18.2 Å². The van der Waals surface area contributed by atoms with Crippen molar-refractivity contribution in [3.63, 3.8) is 0 Å². The molecule has 2 N–H and O–H groups in total. The molecule has 2 heterocycles. The minimum Gasteiger partial charge on any atom is -0.344 e. The summed E-state index contributed by atoms with van der Waals surface area (Å²) in [4.78, 5) is 14.4. The average molecular weight is 286 g/mol. The summed E-state index contributed by atoms with van der Waals surface area (Å²) in [6.45, 7) is 7.76. The van der Waals surface area contributed by atoms with Gasteiger partial charge in [-0.1, -0.05) is 13.8 Å². The number of carbonyl (C=O) groups excluding carboxylic acids is 1. The first-order valence-electron chi connectivity index (χ1n) is 6.50. The van der Waals surface area contributed by atoms with Gasteiger partial charge in [0.05, 0.1) is 0 Å². The Kier molecular flexibility index (Phi) is 4.69. The van der Waals surface area contributed by atoms with Crippen molar-refractivity contribution in [1.29, 1.82) is 0 Å². The normalized spacial score (nSPS) is 21.9. The topological polar surface area (TPSA) is 51.3 Å². The van der Waals surface area contributed by atoms with E-state index in [2.05, 4.69) is 13.8 Å². The number of amides is 1. The van der Waals surface area contributed by atoms with Crippen molar-refractivity contribution in [2.45, 2.75) is 33.2 Å². The number of halogens is 1. The van der Waals surface area contributed by atoms with Gasteiger partial charge in [-0.25, -0.2) is 0 Å². The molecule has 1 saturated heterocycles. The zero-order valence-corrected chi connectivity index (χ0v) is 13.0. The van der Waals surface area contributed by atoms with Gasteiger partial charge < -0.3 is 15.2 Å². The molecule has 2 rings (SSSR count). The van der Waals surface area contributed by atoms with Crippen LogP contribution < -0.4 is 5.73 Å². The van der Waals surface area contributed by atoms with Crippen LogP contribution in [-0.4, -0.2) is 34.5 Å². The summed E-state index contributed by atoms with van der Waals surface area (Å²) in [5, 5.41) is 0. The van der Waals surface area contributed by atoms with E-state index in [1.54, 1.807) is 0 Å². The molecule has 1 fully saturated rings. The van der Waals surface area contributed by atoms with Crippen LogP contribution in [0.25, 0.3) is 0 Å². The summed E-state index contributed by atoms with van der Waals surface area (Å²) < 4.78 is 1.95. The van der Waals surface area contributed by atoms with E-state index in [0.717, 1.165) is 30.9 Å². The molecule has 19 heavy (non-hydrogen) atoms. The van der Waals surface area contributed by atoms with E-state index in [4.69, 9.17) is 5.73 Å². The van der Waals surface area contributed by atoms with Gasteiger partial charge >= 0.3 is 0 Å². The van der Waals surface area contributed by atoms with Gasteiger partial charge in [-0.2, -0.15) is 0 Å². The van der Waals surface area contributed by atoms with Crippen molar-refractivity contribution in [3.05, 3.63) is 23.5 Å². The molecule has 0 bridgehead atoms. The van der Waals surface area contributed by atoms with Gasteiger partial charge in [-0.05, 0) is 30.9 Å². The van der Waals surface area contributed by atoms with Crippen LogP contribution in [0.5, 0.6) is 0 Å². The Morgan fingerprint density at radius 1 is 1.42 bits per heavy atom. The number of rotatable bonds is 1. The molecule has 1 atom stereocenters. The van der Waals surface area contributed by atoms with Crippen LogP contribution in [0.1, 0.15) is 36.5 Å². The smallest absolute Gasteiger partial charge is 0.270 e. The second kappa shape index (κ2) is 5.55. The van der Waals surface area contributed by atoms with E-state index in [9.17, 15) is 4.79 Å². The van der Waals surface area contributed by atoms with Gasteiger partial charge in [0.15, 0.2) is 0 Å². The molecule has 1 unspecified atom stereocenters. The van der Waals surface area contributed by atoms with E-state index in [-0.39, 0.29) is 29.8 Å². The van der Waals surface area contributed by atoms with Gasteiger partial charge in [0.1, 0.15) is 5.69 Å². The third kappa shape index (κ3) is 2.95. The molecule has 4 nitrogen and oxygen atoms in total. The Morgan fingerprint density at radius 3 is 2.53 bits per heavy atom. The van der Waals surface area contributed by atoms with Crippen LogP contribution in [0.15, 0.2) is 12.1 Å². The zero-order chi connectivity index (χ0) is 13.5. The zero-order valence-electron chi connectivity index (χ0n) is 12.1. The van der Waals surface area contributed by atoms with Crippen LogP contribution in [0.2, 0.25) is 0 Å². The van der Waals surface area contributed by atoms with Gasteiger partial charge in [-0.15, -0.1) is 12.4 Å². The first-order valence-corrected chi connectivity index (χ1v) is 6.50. The highest BCUT2D eigenvalue weighted by molar-refractivity contribution is 5.93. The number of likely N-dealkylation sites (tertiary alicyclic amines) is 1. The quantitative estimate of drug-likeness (QED) is 0.857. The van der Waals surface area contributed by atoms with E-state index in [1.807, 2.05) is 35.6 Å². The summed E-state index contributed by atoms with van der Waals surface area (Å²) in [7, 11) is 1.93. The lowest BCUT2D eigenvalue weighted by molar-refractivity contribution is 0.0524. The maximum Gasteiger partial charge on any atom is 0.270 e. The number of hydrogen-bond donors (Lipinski definition) is 1. The molecule has 1 aliphatic rings. The lowest BCUT2D eigenvalue weighted by atomic mass is 9.79. The molecular formula is C14H24ClN3O. The molecule has 0 radical (unpaired) electrons. The Labute approximate surface area is 121 Å². The Bertz CT molecular complexity index is 467. The van der Waals surface area contributed by atoms with Crippen molar-refractivity contribution in [1.82, 2.24) is 9.47 Å². The lowest BCUT2D eigenvalue weighted by Crippen LogP contribution is -2.54. The molecule has 5 heteroatoms. The first-order chi connectivity index (χ1) is 8.33. The monoisotopic (exact) mass is 285 g/mol. The molecule has 0 saturated carbocycles. The van der Waals surface area contributed by atoms with Crippen LogP contribution in [0.3, 0.4) is 0 Å². The van der Waals surface area contributed by atoms with Crippen molar-refractivity contribution >= 4 is 18.3 Å². The molecule has 0 aromatic carbocycles. The number of carbonyl (C=O) groups is 1. The summed E-state index contributed by atoms with van der Waals surface area (Å²) in [6.07, 6.45) is 0.877. The molecule has 108 valence electrons. The van der Waals surface area contributed by atoms with Gasteiger partial charge in [0, 0.05) is 31.9 Å². The molecule has 1 aliphatic heterocycles. The minimum absolute atomic E-state index is 0. The second-order valence-corrected chi connectivity index (χ2v) is 6.03. The number of nitrogens with two attached hydrogens (primary N) is 1. The number of piperidine rings is 1. The van der Waals surface area contributed by atoms with Crippen molar-refractivity contribution < 1.29 is 4.79 Å². The third-order valence-electron chi connectivity index (χ3n) is 4.19. The van der Waals surface area contributed by atoms with Crippen molar-refractivity contribution in [2.75, 3.05) is 13.1 Å². The number of aryl methyl sites for hydroxylation is 1. The van der Waals surface area contributed by atoms with Gasteiger partial charge in [0.25, 0.3) is 5.91 Å². The maximum atomic E-state index is 12.5. The second-order valence-electron chi connectivity index (χ2n) is 6.03. The summed E-state index contributed by atoms with van der Waals surface area (Å²) in [5.41, 5.74) is 7.96. The van der Waals surface area contributed by atoms with E-state index < -0.39 is 0 Å². The van der Waals surface area contributed by atoms with Crippen LogP contribution in [0.4, 0.5) is 0 Å². The highest BCUT2D eigenvalue weighted by atomic mass is 35.5. The molecule has 0 aliphatic carbocycles. The molecule has 0 spiro atoms. The number of aromatic nitrogens is 1. The highest BCUT2D eigenvalue weighted by Crippen LogP contribution is 2.28. The average Bonchev–Trinajstić information content (AvgIpc) is 2.63. The fourth-order valence-electron chi connectivity index (χ4n) is 2.54. The van der Waals surface area contributed by atoms with Crippen molar-refractivity contribution in [3.8, 4) is 0 Å². The van der Waals surface area contributed by atoms with E-state index >= 15 is 0 Å².